The molecule has 0 aromatic carbocycles. The summed E-state index contributed by atoms with van der Waals surface area (Å²) in [4.78, 5) is 3.69. The Hall–Kier alpha value is -0.720. The largest absolute Gasteiger partial charge is 0.369 e. The minimum absolute atomic E-state index is 0.00543. The highest BCUT2D eigenvalue weighted by Crippen LogP contribution is 2.11. The third-order valence-electron chi connectivity index (χ3n) is 2.50. The highest BCUT2D eigenvalue weighted by atomic mass is 32.1. The second-order valence-corrected chi connectivity index (χ2v) is 5.44. The Morgan fingerprint density at radius 3 is 2.71 bits per heavy atom. The van der Waals surface area contributed by atoms with E-state index < -0.39 is 0 Å². The van der Waals surface area contributed by atoms with E-state index in [4.69, 9.17) is 5.73 Å². The molecular weight excluding hydrogens is 239 g/mol. The van der Waals surface area contributed by atoms with Crippen molar-refractivity contribution in [3.63, 3.8) is 0 Å². The van der Waals surface area contributed by atoms with Crippen molar-refractivity contribution < 1.29 is 4.39 Å². The number of hydrogen-bond acceptors (Lipinski definition) is 5. The van der Waals surface area contributed by atoms with Crippen LogP contribution in [-0.2, 0) is 0 Å². The van der Waals surface area contributed by atoms with Crippen LogP contribution in [0.3, 0.4) is 0 Å². The van der Waals surface area contributed by atoms with Crippen molar-refractivity contribution in [3.8, 4) is 0 Å². The Morgan fingerprint density at radius 1 is 1.41 bits per heavy atom. The molecule has 1 rings (SSSR count). The van der Waals surface area contributed by atoms with E-state index in [1.54, 1.807) is 5.38 Å². The number of thiazole rings is 1. The number of nitrogens with one attached hydrogen (secondary N) is 2. The Labute approximate surface area is 106 Å². The Kier molecular flexibility index (Phi) is 5.80. The fourth-order valence-corrected chi connectivity index (χ4v) is 1.79. The molecule has 0 aliphatic rings. The Bertz CT molecular complexity index is 327. The van der Waals surface area contributed by atoms with E-state index in [-0.39, 0.29) is 10.8 Å². The van der Waals surface area contributed by atoms with Crippen molar-refractivity contribution in [2.24, 2.45) is 5.73 Å². The van der Waals surface area contributed by atoms with Gasteiger partial charge >= 0.3 is 0 Å². The summed E-state index contributed by atoms with van der Waals surface area (Å²) in [5.41, 5.74) is 5.61. The number of aromatic nitrogens is 1. The van der Waals surface area contributed by atoms with Crippen LogP contribution in [0.1, 0.15) is 26.7 Å². The zero-order valence-corrected chi connectivity index (χ0v) is 11.2. The van der Waals surface area contributed by atoms with Gasteiger partial charge in [-0.15, -0.1) is 0 Å². The SMILES string of the molecule is CC(C)(CN)NCCCCNc1csc(F)n1. The van der Waals surface area contributed by atoms with Crippen LogP contribution in [0.5, 0.6) is 0 Å². The first-order chi connectivity index (χ1) is 8.03. The van der Waals surface area contributed by atoms with Gasteiger partial charge in [0.1, 0.15) is 5.82 Å². The predicted octanol–water partition coefficient (Wildman–Crippen LogP) is 1.80. The van der Waals surface area contributed by atoms with Gasteiger partial charge in [-0.1, -0.05) is 11.3 Å². The van der Waals surface area contributed by atoms with E-state index in [1.807, 2.05) is 0 Å². The molecule has 0 fully saturated rings. The van der Waals surface area contributed by atoms with Gasteiger partial charge in [-0.2, -0.15) is 9.37 Å². The molecule has 0 radical (unpaired) electrons. The third-order valence-corrected chi connectivity index (χ3v) is 3.13. The van der Waals surface area contributed by atoms with E-state index in [0.29, 0.717) is 12.4 Å². The highest BCUT2D eigenvalue weighted by Gasteiger charge is 2.12. The second kappa shape index (κ2) is 6.88. The maximum Gasteiger partial charge on any atom is 0.270 e. The molecule has 98 valence electrons. The molecule has 0 bridgehead atoms. The highest BCUT2D eigenvalue weighted by molar-refractivity contribution is 7.08. The molecule has 1 aromatic rings. The Morgan fingerprint density at radius 2 is 2.12 bits per heavy atom. The molecule has 0 aliphatic carbocycles. The van der Waals surface area contributed by atoms with Crippen LogP contribution in [0.15, 0.2) is 5.38 Å². The van der Waals surface area contributed by atoms with Gasteiger partial charge < -0.3 is 16.4 Å². The lowest BCUT2D eigenvalue weighted by Crippen LogP contribution is -2.46. The summed E-state index contributed by atoms with van der Waals surface area (Å²) in [6.45, 7) is 6.56. The van der Waals surface area contributed by atoms with Crippen molar-refractivity contribution >= 4 is 17.2 Å². The van der Waals surface area contributed by atoms with Crippen molar-refractivity contribution in [2.75, 3.05) is 25.0 Å². The van der Waals surface area contributed by atoms with Gasteiger partial charge in [-0.25, -0.2) is 0 Å². The summed E-state index contributed by atoms with van der Waals surface area (Å²) in [5, 5.41) is 7.76. The summed E-state index contributed by atoms with van der Waals surface area (Å²) in [5.74, 6) is 0.628. The van der Waals surface area contributed by atoms with Crippen LogP contribution in [0, 0.1) is 5.26 Å². The summed E-state index contributed by atoms with van der Waals surface area (Å²) in [7, 11) is 0. The Balaban J connectivity index is 2.02. The van der Waals surface area contributed by atoms with Crippen molar-refractivity contribution in [2.45, 2.75) is 32.2 Å². The second-order valence-electron chi connectivity index (χ2n) is 4.63. The fraction of sp³-hybridized carbons (Fsp3) is 0.727. The van der Waals surface area contributed by atoms with Crippen LogP contribution < -0.4 is 16.4 Å². The standard InChI is InChI=1S/C11H21FN4S/c1-11(2,8-13)15-6-4-3-5-14-9-7-17-10(12)16-9/h7,14-15H,3-6,8,13H2,1-2H3. The molecule has 0 saturated carbocycles. The van der Waals surface area contributed by atoms with E-state index in [2.05, 4.69) is 29.5 Å². The van der Waals surface area contributed by atoms with E-state index in [1.165, 1.54) is 0 Å². The quantitative estimate of drug-likeness (QED) is 0.624. The molecule has 0 aliphatic heterocycles. The molecule has 0 unspecified atom stereocenters. The maximum atomic E-state index is 12.6. The lowest BCUT2D eigenvalue weighted by Gasteiger charge is -2.24. The molecule has 17 heavy (non-hydrogen) atoms. The number of unbranched alkanes of at least 4 members (excludes halogenated alkanes) is 1. The van der Waals surface area contributed by atoms with Gasteiger partial charge in [0, 0.05) is 24.0 Å². The number of halogens is 1. The number of nitrogens with zero attached hydrogens (tertiary/aromatic N) is 1. The molecule has 6 heteroatoms. The summed E-state index contributed by atoms with van der Waals surface area (Å²) in [6.07, 6.45) is 2.08. The normalized spacial score (nSPS) is 11.8. The first-order valence-electron chi connectivity index (χ1n) is 5.83. The zero-order valence-electron chi connectivity index (χ0n) is 10.4. The molecule has 0 saturated heterocycles. The van der Waals surface area contributed by atoms with Gasteiger partial charge in [0.2, 0.25) is 0 Å². The third kappa shape index (κ3) is 5.95. The molecule has 0 spiro atoms. The van der Waals surface area contributed by atoms with Crippen LogP contribution >= 0.6 is 11.3 Å². The van der Waals surface area contributed by atoms with Crippen LogP contribution in [0.4, 0.5) is 10.2 Å². The fourth-order valence-electron chi connectivity index (χ4n) is 1.30. The number of nitrogens with two attached hydrogens (primary N) is 1. The van der Waals surface area contributed by atoms with E-state index in [9.17, 15) is 4.39 Å². The van der Waals surface area contributed by atoms with Gasteiger partial charge in [0.15, 0.2) is 0 Å². The lowest BCUT2D eigenvalue weighted by molar-refractivity contribution is 0.394. The minimum Gasteiger partial charge on any atom is -0.369 e. The average molecular weight is 260 g/mol. The molecule has 0 atom stereocenters. The molecule has 0 amide bonds. The number of rotatable bonds is 8. The van der Waals surface area contributed by atoms with Crippen LogP contribution in [0.25, 0.3) is 0 Å². The van der Waals surface area contributed by atoms with Gasteiger partial charge in [-0.3, -0.25) is 0 Å². The predicted molar refractivity (Wildman–Crippen MR) is 70.9 cm³/mol. The summed E-state index contributed by atoms with van der Waals surface area (Å²) < 4.78 is 12.6. The van der Waals surface area contributed by atoms with Crippen LogP contribution in [0.2, 0.25) is 0 Å². The first kappa shape index (κ1) is 14.3. The monoisotopic (exact) mass is 260 g/mol. The molecule has 4 N–H and O–H groups in total. The lowest BCUT2D eigenvalue weighted by atomic mass is 10.1. The number of hydrogen-bond donors (Lipinski definition) is 3. The van der Waals surface area contributed by atoms with Crippen molar-refractivity contribution in [3.05, 3.63) is 10.6 Å². The smallest absolute Gasteiger partial charge is 0.270 e. The van der Waals surface area contributed by atoms with E-state index in [0.717, 1.165) is 37.3 Å². The summed E-state index contributed by atoms with van der Waals surface area (Å²) in [6, 6.07) is 0. The van der Waals surface area contributed by atoms with Crippen molar-refractivity contribution in [1.82, 2.24) is 10.3 Å². The first-order valence-corrected chi connectivity index (χ1v) is 6.71. The van der Waals surface area contributed by atoms with Crippen molar-refractivity contribution in [1.29, 1.82) is 0 Å². The van der Waals surface area contributed by atoms with Gasteiger partial charge in [-0.05, 0) is 33.2 Å². The molecule has 4 nitrogen and oxygen atoms in total. The zero-order chi connectivity index (χ0) is 12.7. The topological polar surface area (TPSA) is 63.0 Å². The maximum absolute atomic E-state index is 12.6. The molecular formula is C11H21FN4S. The molecule has 1 aromatic heterocycles. The van der Waals surface area contributed by atoms with E-state index >= 15 is 0 Å². The van der Waals surface area contributed by atoms with Gasteiger partial charge in [0.25, 0.3) is 5.26 Å². The van der Waals surface area contributed by atoms with Gasteiger partial charge in [0.05, 0.1) is 0 Å². The minimum atomic E-state index is -0.390. The average Bonchev–Trinajstić information content (AvgIpc) is 2.69. The molecule has 1 heterocycles. The summed E-state index contributed by atoms with van der Waals surface area (Å²) >= 11 is 1.01. The van der Waals surface area contributed by atoms with Crippen LogP contribution in [-0.4, -0.2) is 30.2 Å². The number of anilines is 1.